The molecule has 0 radical (unpaired) electrons. The van der Waals surface area contributed by atoms with E-state index >= 15 is 0 Å². The van der Waals surface area contributed by atoms with Crippen molar-refractivity contribution in [2.75, 3.05) is 0 Å². The molecule has 0 heteroatoms. The molecule has 0 aromatic rings. The average molecular weight is 409 g/mol. The molecule has 168 valence electrons. The number of hydrogen-bond acceptors (Lipinski definition) is 0. The average Bonchev–Trinajstić information content (AvgIpc) is 3.00. The highest BCUT2D eigenvalue weighted by Gasteiger charge is 2.49. The van der Waals surface area contributed by atoms with Crippen LogP contribution in [-0.2, 0) is 0 Å². The van der Waals surface area contributed by atoms with Crippen LogP contribution >= 0.6 is 0 Å². The Labute approximate surface area is 188 Å². The fraction of sp³-hybridized carbons (Fsp3) is 0.733. The Hall–Kier alpha value is -1.04. The molecule has 0 aromatic carbocycles. The predicted octanol–water partition coefficient (Wildman–Crippen LogP) is 9.45. The van der Waals surface area contributed by atoms with Crippen molar-refractivity contribution in [2.24, 2.45) is 34.5 Å². The van der Waals surface area contributed by atoms with Gasteiger partial charge in [0.1, 0.15) is 0 Å². The fourth-order valence-electron chi connectivity index (χ4n) is 6.82. The van der Waals surface area contributed by atoms with E-state index in [-0.39, 0.29) is 0 Å². The van der Waals surface area contributed by atoms with Gasteiger partial charge < -0.3 is 0 Å². The molecule has 30 heavy (non-hydrogen) atoms. The van der Waals surface area contributed by atoms with Gasteiger partial charge in [-0.05, 0) is 97.5 Å². The molecule has 2 unspecified atom stereocenters. The number of fused-ring (bicyclic) bond motifs is 1. The minimum absolute atomic E-state index is 0.475. The Bertz CT molecular complexity index is 722. The summed E-state index contributed by atoms with van der Waals surface area (Å²) in [5.41, 5.74) is 7.13. The van der Waals surface area contributed by atoms with Crippen molar-refractivity contribution in [2.45, 2.75) is 106 Å². The van der Waals surface area contributed by atoms with Gasteiger partial charge >= 0.3 is 0 Å². The second-order valence-electron chi connectivity index (χ2n) is 12.5. The molecule has 0 N–H and O–H groups in total. The lowest BCUT2D eigenvalue weighted by atomic mass is 9.62. The van der Waals surface area contributed by atoms with E-state index in [1.54, 1.807) is 11.1 Å². The first-order valence-corrected chi connectivity index (χ1v) is 12.8. The third-order valence-corrected chi connectivity index (χ3v) is 8.89. The van der Waals surface area contributed by atoms with Gasteiger partial charge in [-0.3, -0.25) is 0 Å². The summed E-state index contributed by atoms with van der Waals surface area (Å²) >= 11 is 0. The van der Waals surface area contributed by atoms with E-state index in [1.165, 1.54) is 62.5 Å². The molecular weight excluding hydrogens is 360 g/mol. The first-order valence-electron chi connectivity index (χ1n) is 12.8. The molecule has 0 amide bonds. The molecule has 0 aliphatic heterocycles. The van der Waals surface area contributed by atoms with Crippen molar-refractivity contribution in [3.8, 4) is 0 Å². The highest BCUT2D eigenvalue weighted by molar-refractivity contribution is 5.38. The quantitative estimate of drug-likeness (QED) is 0.384. The fourth-order valence-corrected chi connectivity index (χ4v) is 6.82. The van der Waals surface area contributed by atoms with Crippen molar-refractivity contribution in [3.05, 3.63) is 47.1 Å². The Morgan fingerprint density at radius 1 is 1.23 bits per heavy atom. The first-order chi connectivity index (χ1) is 14.0. The Kier molecular flexibility index (Phi) is 7.26. The first kappa shape index (κ1) is 23.6. The van der Waals surface area contributed by atoms with Crippen LogP contribution in [0.4, 0.5) is 0 Å². The van der Waals surface area contributed by atoms with Crippen LogP contribution in [-0.4, -0.2) is 0 Å². The molecule has 0 spiro atoms. The second-order valence-corrected chi connectivity index (χ2v) is 12.5. The maximum absolute atomic E-state index is 4.27. The maximum atomic E-state index is 4.27. The summed E-state index contributed by atoms with van der Waals surface area (Å²) in [6, 6.07) is 0. The van der Waals surface area contributed by atoms with E-state index in [1.807, 2.05) is 0 Å². The summed E-state index contributed by atoms with van der Waals surface area (Å²) in [5, 5.41) is 0. The molecule has 3 aliphatic rings. The summed E-state index contributed by atoms with van der Waals surface area (Å²) < 4.78 is 0. The SMILES string of the molecule is C=C1CC(C)=C(/C=C\C2=CCC[C@@]3(C)C2CCC3[C@@H](C)CCCC(C)(C)C)C[C@H]1C. The largest absolute Gasteiger partial charge is 0.0993 e. The minimum Gasteiger partial charge on any atom is -0.0993 e. The zero-order valence-corrected chi connectivity index (χ0v) is 21.1. The van der Waals surface area contributed by atoms with Crippen molar-refractivity contribution < 1.29 is 0 Å². The standard InChI is InChI=1S/C30H48/c1-21(11-9-17-29(5,6)7)27-15-16-28-25(12-10-18-30(27,28)8)13-14-26-20-23(3)22(2)19-24(26)4/h12-14,21,23,27-28H,2,9-11,15-20H2,1,3-8H3/b14-13-/t21-,23+,27?,28?,30+/m0/s1. The van der Waals surface area contributed by atoms with Gasteiger partial charge in [0, 0.05) is 0 Å². The smallest absolute Gasteiger partial charge is 0.0105 e. The maximum Gasteiger partial charge on any atom is -0.0105 e. The minimum atomic E-state index is 0.475. The van der Waals surface area contributed by atoms with E-state index in [9.17, 15) is 0 Å². The van der Waals surface area contributed by atoms with Crippen LogP contribution in [0.5, 0.6) is 0 Å². The van der Waals surface area contributed by atoms with Crippen LogP contribution < -0.4 is 0 Å². The summed E-state index contributed by atoms with van der Waals surface area (Å²) in [7, 11) is 0. The third-order valence-electron chi connectivity index (χ3n) is 8.89. The molecular formula is C30H48. The summed E-state index contributed by atoms with van der Waals surface area (Å²) in [6.07, 6.45) is 19.4. The van der Waals surface area contributed by atoms with Crippen LogP contribution in [0, 0.1) is 34.5 Å². The van der Waals surface area contributed by atoms with Crippen molar-refractivity contribution in [1.29, 1.82) is 0 Å². The van der Waals surface area contributed by atoms with Crippen LogP contribution in [0.1, 0.15) is 106 Å². The van der Waals surface area contributed by atoms with Gasteiger partial charge in [-0.1, -0.05) is 90.3 Å². The molecule has 0 heterocycles. The number of allylic oxidation sites excluding steroid dienone is 7. The van der Waals surface area contributed by atoms with Gasteiger partial charge in [-0.25, -0.2) is 0 Å². The highest BCUT2D eigenvalue weighted by atomic mass is 14.5. The lowest BCUT2D eigenvalue weighted by Crippen LogP contribution is -2.35. The zero-order chi connectivity index (χ0) is 22.1. The molecule has 0 saturated heterocycles. The van der Waals surface area contributed by atoms with Crippen LogP contribution in [0.3, 0.4) is 0 Å². The van der Waals surface area contributed by atoms with Gasteiger partial charge in [-0.2, -0.15) is 0 Å². The predicted molar refractivity (Wildman–Crippen MR) is 133 cm³/mol. The van der Waals surface area contributed by atoms with Gasteiger partial charge in [0.2, 0.25) is 0 Å². The monoisotopic (exact) mass is 408 g/mol. The lowest BCUT2D eigenvalue weighted by Gasteiger charge is -2.43. The molecule has 5 atom stereocenters. The molecule has 0 bridgehead atoms. The summed E-state index contributed by atoms with van der Waals surface area (Å²) in [4.78, 5) is 0. The van der Waals surface area contributed by atoms with Crippen LogP contribution in [0.25, 0.3) is 0 Å². The topological polar surface area (TPSA) is 0 Å². The van der Waals surface area contributed by atoms with E-state index < -0.39 is 0 Å². The van der Waals surface area contributed by atoms with Crippen molar-refractivity contribution in [1.82, 2.24) is 0 Å². The third kappa shape index (κ3) is 5.23. The number of hydrogen-bond donors (Lipinski definition) is 0. The molecule has 0 aromatic heterocycles. The number of rotatable bonds is 6. The zero-order valence-electron chi connectivity index (χ0n) is 21.1. The summed E-state index contributed by atoms with van der Waals surface area (Å²) in [6.45, 7) is 21.3. The molecule has 0 nitrogen and oxygen atoms in total. The van der Waals surface area contributed by atoms with Crippen molar-refractivity contribution in [3.63, 3.8) is 0 Å². The summed E-state index contributed by atoms with van der Waals surface area (Å²) in [5.74, 6) is 3.16. The van der Waals surface area contributed by atoms with E-state index in [0.29, 0.717) is 16.7 Å². The van der Waals surface area contributed by atoms with Crippen LogP contribution in [0.15, 0.2) is 47.1 Å². The lowest BCUT2D eigenvalue weighted by molar-refractivity contribution is 0.106. The molecule has 3 rings (SSSR count). The Morgan fingerprint density at radius 3 is 2.67 bits per heavy atom. The molecule has 1 saturated carbocycles. The van der Waals surface area contributed by atoms with Gasteiger partial charge in [0.05, 0.1) is 0 Å². The molecule has 1 fully saturated rings. The highest BCUT2D eigenvalue weighted by Crippen LogP contribution is 2.59. The second kappa shape index (κ2) is 9.22. The van der Waals surface area contributed by atoms with Gasteiger partial charge in [-0.15, -0.1) is 0 Å². The van der Waals surface area contributed by atoms with Gasteiger partial charge in [0.25, 0.3) is 0 Å². The Morgan fingerprint density at radius 2 is 1.97 bits per heavy atom. The van der Waals surface area contributed by atoms with Crippen molar-refractivity contribution >= 4 is 0 Å². The van der Waals surface area contributed by atoms with E-state index in [0.717, 1.165) is 24.2 Å². The normalized spacial score (nSPS) is 33.8. The Balaban J connectivity index is 1.68. The van der Waals surface area contributed by atoms with Gasteiger partial charge in [0.15, 0.2) is 0 Å². The van der Waals surface area contributed by atoms with E-state index in [4.69, 9.17) is 0 Å². The molecule has 3 aliphatic carbocycles. The van der Waals surface area contributed by atoms with Crippen LogP contribution in [0.2, 0.25) is 0 Å². The van der Waals surface area contributed by atoms with E-state index in [2.05, 4.69) is 73.3 Å².